The van der Waals surface area contributed by atoms with Gasteiger partial charge in [0.25, 0.3) is 0 Å². The average molecular weight is 560 g/mol. The first-order valence-corrected chi connectivity index (χ1v) is 14.3. The number of pyridine rings is 2. The second-order valence-corrected chi connectivity index (χ2v) is 11.4. The average Bonchev–Trinajstić information content (AvgIpc) is 3.26. The van der Waals surface area contributed by atoms with Crippen LogP contribution in [0.2, 0.25) is 0 Å². The van der Waals surface area contributed by atoms with E-state index in [9.17, 15) is 17.1 Å². The van der Waals surface area contributed by atoms with Crippen LogP contribution in [0.25, 0.3) is 44.0 Å². The Bertz CT molecular complexity index is 2020. The molecule has 5 aromatic rings. The van der Waals surface area contributed by atoms with E-state index in [1.807, 2.05) is 38.1 Å². The summed E-state index contributed by atoms with van der Waals surface area (Å²) in [4.78, 5) is 21.6. The summed E-state index contributed by atoms with van der Waals surface area (Å²) < 4.78 is 48.3. The number of hydrogen-bond acceptors (Lipinski definition) is 6. The molecule has 1 fully saturated rings. The number of nitrogens with one attached hydrogen (secondary N) is 1. The van der Waals surface area contributed by atoms with E-state index in [1.54, 1.807) is 6.07 Å². The maximum Gasteiger partial charge on any atom is 0.488 e. The van der Waals surface area contributed by atoms with Crippen LogP contribution in [0.15, 0.2) is 53.6 Å². The van der Waals surface area contributed by atoms with Crippen molar-refractivity contribution in [1.82, 2.24) is 14.5 Å². The van der Waals surface area contributed by atoms with E-state index in [0.29, 0.717) is 51.0 Å². The van der Waals surface area contributed by atoms with Gasteiger partial charge in [0.15, 0.2) is 11.2 Å². The molecule has 40 heavy (non-hydrogen) atoms. The number of fused-ring (bicyclic) bond motifs is 4. The number of aromatic nitrogens is 3. The molecule has 0 unspecified atom stereocenters. The molecular formula is C30H26FN3O5S. The molecule has 0 amide bonds. The maximum absolute atomic E-state index is 14.1. The molecule has 1 aliphatic rings. The van der Waals surface area contributed by atoms with Crippen molar-refractivity contribution in [3.05, 3.63) is 64.6 Å². The van der Waals surface area contributed by atoms with Crippen LogP contribution in [0.3, 0.4) is 0 Å². The minimum atomic E-state index is -5.24. The zero-order chi connectivity index (χ0) is 28.2. The SMILES string of the molecule is C#Cc1ccc2c(c1)[nH]c1c2c(=O)c2cc(OCC(C)C)c(-c3cncc(OS(=O)(=O)F)c3)cc2n1C1CCC1. The Morgan fingerprint density at radius 3 is 2.65 bits per heavy atom. The van der Waals surface area contributed by atoms with Crippen LogP contribution in [0.1, 0.15) is 44.7 Å². The molecular weight excluding hydrogens is 533 g/mol. The molecule has 0 spiro atoms. The summed E-state index contributed by atoms with van der Waals surface area (Å²) in [6.45, 7) is 4.39. The predicted octanol–water partition coefficient (Wildman–Crippen LogP) is 6.03. The summed E-state index contributed by atoms with van der Waals surface area (Å²) in [6, 6.07) is 10.7. The van der Waals surface area contributed by atoms with Gasteiger partial charge in [0.2, 0.25) is 0 Å². The van der Waals surface area contributed by atoms with Gasteiger partial charge in [-0.05, 0) is 55.5 Å². The molecule has 0 aliphatic heterocycles. The van der Waals surface area contributed by atoms with Gasteiger partial charge >= 0.3 is 10.5 Å². The third-order valence-electron chi connectivity index (χ3n) is 7.25. The van der Waals surface area contributed by atoms with Gasteiger partial charge in [0.1, 0.15) is 11.4 Å². The van der Waals surface area contributed by atoms with Crippen molar-refractivity contribution in [2.24, 2.45) is 5.92 Å². The second kappa shape index (κ2) is 9.68. The number of H-pyrrole nitrogens is 1. The van der Waals surface area contributed by atoms with Gasteiger partial charge in [0.05, 0.1) is 29.1 Å². The fraction of sp³-hybridized carbons (Fsp3) is 0.267. The molecule has 6 rings (SSSR count). The van der Waals surface area contributed by atoms with Crippen LogP contribution >= 0.6 is 0 Å². The van der Waals surface area contributed by atoms with Crippen LogP contribution in [0, 0.1) is 18.3 Å². The smallest absolute Gasteiger partial charge is 0.488 e. The Morgan fingerprint density at radius 1 is 1.18 bits per heavy atom. The summed E-state index contributed by atoms with van der Waals surface area (Å²) in [6.07, 6.45) is 11.2. The first-order valence-electron chi connectivity index (χ1n) is 13.0. The van der Waals surface area contributed by atoms with E-state index in [0.717, 1.165) is 36.4 Å². The van der Waals surface area contributed by atoms with Crippen LogP contribution < -0.4 is 14.3 Å². The molecule has 0 saturated heterocycles. The highest BCUT2D eigenvalue weighted by Crippen LogP contribution is 2.41. The lowest BCUT2D eigenvalue weighted by Crippen LogP contribution is -2.21. The van der Waals surface area contributed by atoms with Crippen molar-refractivity contribution in [2.75, 3.05) is 6.61 Å². The molecule has 1 saturated carbocycles. The first kappa shape index (κ1) is 25.9. The minimum Gasteiger partial charge on any atom is -0.493 e. The largest absolute Gasteiger partial charge is 0.493 e. The quantitative estimate of drug-likeness (QED) is 0.193. The van der Waals surface area contributed by atoms with Crippen LogP contribution in [-0.4, -0.2) is 29.6 Å². The molecule has 1 N–H and O–H groups in total. The van der Waals surface area contributed by atoms with E-state index in [1.165, 1.54) is 12.3 Å². The fourth-order valence-corrected chi connectivity index (χ4v) is 5.56. The van der Waals surface area contributed by atoms with E-state index in [4.69, 9.17) is 11.2 Å². The van der Waals surface area contributed by atoms with Gasteiger partial charge in [0, 0.05) is 39.8 Å². The molecule has 1 aliphatic carbocycles. The Balaban J connectivity index is 1.68. The highest BCUT2D eigenvalue weighted by molar-refractivity contribution is 7.81. The number of aromatic amines is 1. The van der Waals surface area contributed by atoms with E-state index in [2.05, 4.69) is 24.6 Å². The minimum absolute atomic E-state index is 0.139. The van der Waals surface area contributed by atoms with Gasteiger partial charge in [-0.2, -0.15) is 8.42 Å². The van der Waals surface area contributed by atoms with Crippen molar-refractivity contribution in [1.29, 1.82) is 0 Å². The third-order valence-corrected chi connectivity index (χ3v) is 7.64. The Morgan fingerprint density at radius 2 is 1.98 bits per heavy atom. The topological polar surface area (TPSA) is 103 Å². The Kier molecular flexibility index (Phi) is 6.27. The Hall–Kier alpha value is -4.36. The monoisotopic (exact) mass is 559 g/mol. The summed E-state index contributed by atoms with van der Waals surface area (Å²) in [5, 5.41) is 1.88. The first-order chi connectivity index (χ1) is 19.1. The predicted molar refractivity (Wildman–Crippen MR) is 153 cm³/mol. The normalized spacial score (nSPS) is 14.1. The van der Waals surface area contributed by atoms with Gasteiger partial charge < -0.3 is 18.5 Å². The number of nitrogens with zero attached hydrogens (tertiary/aromatic N) is 2. The number of terminal acetylenes is 1. The zero-order valence-corrected chi connectivity index (χ0v) is 22.7. The summed E-state index contributed by atoms with van der Waals surface area (Å²) in [5.74, 6) is 2.99. The number of hydrogen-bond donors (Lipinski definition) is 1. The molecule has 0 radical (unpaired) electrons. The van der Waals surface area contributed by atoms with E-state index >= 15 is 0 Å². The lowest BCUT2D eigenvalue weighted by atomic mass is 9.91. The van der Waals surface area contributed by atoms with Gasteiger partial charge in [-0.1, -0.05) is 29.7 Å². The van der Waals surface area contributed by atoms with Crippen molar-refractivity contribution >= 4 is 43.3 Å². The standard InChI is InChI=1S/C30H26FN3O5S/c1-4-18-8-9-22-25(10-18)33-30-28(22)29(35)24-13-27(38-16-17(2)3)23(12-26(24)34(30)20-6-5-7-20)19-11-21(15-32-14-19)39-40(31,36)37/h1,8-15,17,20,33H,5-7,16H2,2-3H3. The summed E-state index contributed by atoms with van der Waals surface area (Å²) in [5.41, 5.74) is 3.78. The molecule has 8 nitrogen and oxygen atoms in total. The lowest BCUT2D eigenvalue weighted by molar-refractivity contribution is 0.272. The molecule has 204 valence electrons. The van der Waals surface area contributed by atoms with Crippen LogP contribution in [0.5, 0.6) is 11.5 Å². The highest BCUT2D eigenvalue weighted by Gasteiger charge is 2.27. The molecule has 0 atom stereocenters. The van der Waals surface area contributed by atoms with Crippen molar-refractivity contribution in [3.8, 4) is 35.0 Å². The number of benzene rings is 2. The van der Waals surface area contributed by atoms with Crippen LogP contribution in [0.4, 0.5) is 3.89 Å². The van der Waals surface area contributed by atoms with E-state index in [-0.39, 0.29) is 23.1 Å². The number of ether oxygens (including phenoxy) is 1. The van der Waals surface area contributed by atoms with Crippen molar-refractivity contribution < 1.29 is 21.2 Å². The highest BCUT2D eigenvalue weighted by atomic mass is 32.3. The molecule has 0 bridgehead atoms. The molecule has 3 heterocycles. The maximum atomic E-state index is 14.1. The number of rotatable bonds is 7. The van der Waals surface area contributed by atoms with Gasteiger partial charge in [-0.25, -0.2) is 0 Å². The number of halogens is 1. The molecule has 3 aromatic heterocycles. The molecule has 10 heteroatoms. The van der Waals surface area contributed by atoms with E-state index < -0.39 is 10.5 Å². The second-order valence-electron chi connectivity index (χ2n) is 10.5. The summed E-state index contributed by atoms with van der Waals surface area (Å²) >= 11 is 0. The lowest BCUT2D eigenvalue weighted by Gasteiger charge is -2.31. The van der Waals surface area contributed by atoms with Crippen molar-refractivity contribution in [2.45, 2.75) is 39.2 Å². The summed E-state index contributed by atoms with van der Waals surface area (Å²) in [7, 11) is -5.24. The van der Waals surface area contributed by atoms with Gasteiger partial charge in [-0.3, -0.25) is 9.78 Å². The zero-order valence-electron chi connectivity index (χ0n) is 21.9. The van der Waals surface area contributed by atoms with Crippen molar-refractivity contribution in [3.63, 3.8) is 0 Å². The third kappa shape index (κ3) is 4.56. The van der Waals surface area contributed by atoms with Crippen LogP contribution in [-0.2, 0) is 10.5 Å². The van der Waals surface area contributed by atoms with Gasteiger partial charge in [-0.15, -0.1) is 6.42 Å². The molecule has 2 aromatic carbocycles. The fourth-order valence-electron chi connectivity index (χ4n) is 5.24. The Labute approximate surface area is 230 Å².